The molecule has 0 aliphatic carbocycles. The Bertz CT molecular complexity index is 241. The van der Waals surface area contributed by atoms with Crippen LogP contribution in [0.5, 0.6) is 0 Å². The summed E-state index contributed by atoms with van der Waals surface area (Å²) in [5, 5.41) is 0. The van der Waals surface area contributed by atoms with Crippen molar-refractivity contribution < 1.29 is 36.2 Å². The number of carbonyl (C=O) groups excluding carboxylic acids is 1. The van der Waals surface area contributed by atoms with Crippen molar-refractivity contribution in [2.45, 2.75) is 19.4 Å². The van der Waals surface area contributed by atoms with Gasteiger partial charge in [-0.2, -0.15) is 0 Å². The fourth-order valence-electron chi connectivity index (χ4n) is 0.576. The lowest BCUT2D eigenvalue weighted by Gasteiger charge is -2.14. The molecule has 90 valence electrons. The van der Waals surface area contributed by atoms with Gasteiger partial charge in [-0.3, -0.25) is 8.95 Å². The fraction of sp³-hybridized carbons (Fsp3) is 0.833. The van der Waals surface area contributed by atoms with E-state index in [2.05, 4.69) is 9.47 Å². The molecule has 0 aliphatic heterocycles. The Kier molecular flexibility index (Phi) is 5.76. The van der Waals surface area contributed by atoms with Crippen molar-refractivity contribution in [2.75, 3.05) is 12.4 Å². The molecular formula is C6H8F3O5S-. The quantitative estimate of drug-likeness (QED) is 0.518. The summed E-state index contributed by atoms with van der Waals surface area (Å²) in [6.07, 6.45) is -6.75. The maximum Gasteiger partial charge on any atom is 0.523 e. The van der Waals surface area contributed by atoms with E-state index in [-0.39, 0.29) is 0 Å². The molecule has 0 saturated heterocycles. The highest BCUT2D eigenvalue weighted by molar-refractivity contribution is 7.79. The Morgan fingerprint density at radius 3 is 2.47 bits per heavy atom. The van der Waals surface area contributed by atoms with E-state index in [0.29, 0.717) is 0 Å². The lowest BCUT2D eigenvalue weighted by atomic mass is 10.4. The molecule has 2 unspecified atom stereocenters. The van der Waals surface area contributed by atoms with Gasteiger partial charge in [0.1, 0.15) is 6.61 Å². The lowest BCUT2D eigenvalue weighted by Crippen LogP contribution is -2.30. The molecule has 5 nitrogen and oxygen atoms in total. The first-order valence-corrected chi connectivity index (χ1v) is 4.94. The van der Waals surface area contributed by atoms with E-state index in [1.165, 1.54) is 0 Å². The molecular weight excluding hydrogens is 241 g/mol. The molecule has 0 aromatic carbocycles. The third-order valence-corrected chi connectivity index (χ3v) is 1.64. The van der Waals surface area contributed by atoms with Gasteiger partial charge in [0.15, 0.2) is 6.10 Å². The summed E-state index contributed by atoms with van der Waals surface area (Å²) in [6.45, 7) is 0.352. The van der Waals surface area contributed by atoms with Gasteiger partial charge in [0, 0.05) is 5.75 Å². The Morgan fingerprint density at radius 2 is 2.07 bits per heavy atom. The van der Waals surface area contributed by atoms with Crippen LogP contribution in [0.1, 0.15) is 6.92 Å². The Hall–Kier alpha value is -0.670. The zero-order valence-corrected chi connectivity index (χ0v) is 8.39. The highest BCUT2D eigenvalue weighted by Gasteiger charge is 2.35. The molecule has 0 radical (unpaired) electrons. The van der Waals surface area contributed by atoms with Gasteiger partial charge >= 0.3 is 12.3 Å². The van der Waals surface area contributed by atoms with Crippen LogP contribution in [0.15, 0.2) is 0 Å². The fourth-order valence-corrected chi connectivity index (χ4v) is 0.796. The predicted octanol–water partition coefficient (Wildman–Crippen LogP) is 0.334. The van der Waals surface area contributed by atoms with Crippen LogP contribution in [0, 0.1) is 0 Å². The van der Waals surface area contributed by atoms with E-state index >= 15 is 0 Å². The number of esters is 1. The van der Waals surface area contributed by atoms with Crippen LogP contribution in [0.25, 0.3) is 0 Å². The van der Waals surface area contributed by atoms with Crippen molar-refractivity contribution in [1.82, 2.24) is 0 Å². The minimum Gasteiger partial charge on any atom is -0.772 e. The average Bonchev–Trinajstić information content (AvgIpc) is 1.99. The zero-order chi connectivity index (χ0) is 12.1. The maximum atomic E-state index is 11.6. The van der Waals surface area contributed by atoms with Gasteiger partial charge in [-0.1, -0.05) is 11.1 Å². The molecule has 0 N–H and O–H groups in total. The van der Waals surface area contributed by atoms with E-state index in [0.717, 1.165) is 6.92 Å². The average molecular weight is 249 g/mol. The van der Waals surface area contributed by atoms with E-state index in [1.54, 1.807) is 0 Å². The van der Waals surface area contributed by atoms with Crippen LogP contribution in [-0.4, -0.2) is 39.6 Å². The molecule has 2 atom stereocenters. The minimum absolute atomic E-state index is 0.468. The van der Waals surface area contributed by atoms with E-state index in [9.17, 15) is 26.7 Å². The Labute approximate surface area is 85.8 Å². The van der Waals surface area contributed by atoms with Crippen molar-refractivity contribution in [3.8, 4) is 0 Å². The summed E-state index contributed by atoms with van der Waals surface area (Å²) in [4.78, 5) is 10.8. The van der Waals surface area contributed by atoms with Crippen molar-refractivity contribution in [2.24, 2.45) is 0 Å². The predicted molar refractivity (Wildman–Crippen MR) is 41.3 cm³/mol. The normalized spacial score (nSPS) is 15.8. The van der Waals surface area contributed by atoms with Gasteiger partial charge in [0.25, 0.3) is 0 Å². The van der Waals surface area contributed by atoms with E-state index in [4.69, 9.17) is 0 Å². The summed E-state index contributed by atoms with van der Waals surface area (Å²) in [7, 11) is 0. The second-order valence-corrected chi connectivity index (χ2v) is 3.40. The standard InChI is InChI=1S/C6H9F3O5S/c1-4(14-6(7,8)9)5(10)13-2-3-15(11)12/h4H,2-3H2,1H3,(H,11,12)/p-1. The van der Waals surface area contributed by atoms with Gasteiger partial charge in [0.2, 0.25) is 0 Å². The van der Waals surface area contributed by atoms with Crippen LogP contribution in [0.4, 0.5) is 13.2 Å². The minimum atomic E-state index is -4.93. The maximum absolute atomic E-state index is 11.6. The first-order chi connectivity index (χ1) is 6.72. The number of alkyl halides is 3. The van der Waals surface area contributed by atoms with E-state index < -0.39 is 41.9 Å². The van der Waals surface area contributed by atoms with Crippen molar-refractivity contribution in [3.63, 3.8) is 0 Å². The largest absolute Gasteiger partial charge is 0.772 e. The highest BCUT2D eigenvalue weighted by atomic mass is 32.2. The SMILES string of the molecule is CC(OC(F)(F)F)C(=O)OCCS(=O)[O-]. The molecule has 0 aromatic heterocycles. The number of rotatable bonds is 5. The van der Waals surface area contributed by atoms with Gasteiger partial charge in [-0.25, -0.2) is 4.79 Å². The summed E-state index contributed by atoms with van der Waals surface area (Å²) < 4.78 is 62.3. The van der Waals surface area contributed by atoms with Gasteiger partial charge in [0.05, 0.1) is 0 Å². The highest BCUT2D eigenvalue weighted by Crippen LogP contribution is 2.18. The Morgan fingerprint density at radius 1 is 1.53 bits per heavy atom. The second-order valence-electron chi connectivity index (χ2n) is 2.38. The van der Waals surface area contributed by atoms with Crippen molar-refractivity contribution in [3.05, 3.63) is 0 Å². The topological polar surface area (TPSA) is 75.7 Å². The first-order valence-electron chi connectivity index (χ1n) is 3.69. The van der Waals surface area contributed by atoms with Crippen molar-refractivity contribution in [1.29, 1.82) is 0 Å². The second kappa shape index (κ2) is 6.03. The molecule has 0 rings (SSSR count). The summed E-state index contributed by atoms with van der Waals surface area (Å²) in [6, 6.07) is 0. The molecule has 0 amide bonds. The van der Waals surface area contributed by atoms with Crippen LogP contribution in [0.2, 0.25) is 0 Å². The zero-order valence-electron chi connectivity index (χ0n) is 7.57. The third-order valence-electron chi connectivity index (χ3n) is 1.14. The van der Waals surface area contributed by atoms with Gasteiger partial charge < -0.3 is 9.29 Å². The van der Waals surface area contributed by atoms with Crippen LogP contribution in [0.3, 0.4) is 0 Å². The van der Waals surface area contributed by atoms with Crippen LogP contribution < -0.4 is 0 Å². The molecule has 9 heteroatoms. The third kappa shape index (κ3) is 8.33. The molecule has 0 bridgehead atoms. The van der Waals surface area contributed by atoms with E-state index in [1.807, 2.05) is 0 Å². The molecule has 15 heavy (non-hydrogen) atoms. The number of halogens is 3. The van der Waals surface area contributed by atoms with Crippen molar-refractivity contribution >= 4 is 17.0 Å². The summed E-state index contributed by atoms with van der Waals surface area (Å²) in [5.41, 5.74) is 0. The molecule has 0 aliphatic rings. The molecule has 0 aromatic rings. The smallest absolute Gasteiger partial charge is 0.523 e. The number of hydrogen-bond acceptors (Lipinski definition) is 5. The van der Waals surface area contributed by atoms with Crippen LogP contribution >= 0.6 is 0 Å². The van der Waals surface area contributed by atoms with Gasteiger partial charge in [-0.15, -0.1) is 13.2 Å². The molecule has 0 heterocycles. The number of carbonyl (C=O) groups is 1. The Balaban J connectivity index is 3.85. The first kappa shape index (κ1) is 14.3. The summed E-state index contributed by atoms with van der Waals surface area (Å²) in [5.74, 6) is -1.73. The molecule has 0 spiro atoms. The molecule has 0 saturated carbocycles. The van der Waals surface area contributed by atoms with Crippen LogP contribution in [-0.2, 0) is 25.3 Å². The monoisotopic (exact) mass is 249 g/mol. The van der Waals surface area contributed by atoms with Gasteiger partial charge in [-0.05, 0) is 6.92 Å². The number of ether oxygens (including phenoxy) is 2. The number of hydrogen-bond donors (Lipinski definition) is 0. The summed E-state index contributed by atoms with van der Waals surface area (Å²) >= 11 is -2.40. The molecule has 0 fully saturated rings. The lowest BCUT2D eigenvalue weighted by molar-refractivity contribution is -0.337.